The number of hydrogen-bond acceptors (Lipinski definition) is 4. The minimum absolute atomic E-state index is 0.0950. The number of rotatable bonds is 6. The Hall–Kier alpha value is -1.91. The highest BCUT2D eigenvalue weighted by Crippen LogP contribution is 2.36. The Balaban J connectivity index is 2.17. The number of anilines is 1. The first-order valence-electron chi connectivity index (χ1n) is 7.10. The van der Waals surface area contributed by atoms with Gasteiger partial charge in [0.15, 0.2) is 0 Å². The Morgan fingerprint density at radius 3 is 2.44 bits per heavy atom. The van der Waals surface area contributed by atoms with Crippen LogP contribution in [-0.4, -0.2) is 27.4 Å². The van der Waals surface area contributed by atoms with Gasteiger partial charge in [-0.05, 0) is 23.6 Å². The molecule has 0 radical (unpaired) electrons. The van der Waals surface area contributed by atoms with Crippen LogP contribution in [0.4, 0.5) is 18.9 Å². The molecule has 0 bridgehead atoms. The number of amides is 1. The Morgan fingerprint density at radius 1 is 1.20 bits per heavy atom. The van der Waals surface area contributed by atoms with Crippen molar-refractivity contribution in [3.8, 4) is 0 Å². The van der Waals surface area contributed by atoms with Crippen molar-refractivity contribution in [1.82, 2.24) is 4.72 Å². The fraction of sp³-hybridized carbons (Fsp3) is 0.267. The monoisotopic (exact) mass is 392 g/mol. The zero-order valence-electron chi connectivity index (χ0n) is 13.1. The van der Waals surface area contributed by atoms with Gasteiger partial charge in [-0.15, -0.1) is 11.3 Å². The molecule has 0 aliphatic rings. The second kappa shape index (κ2) is 7.54. The Labute approximate surface area is 147 Å². The van der Waals surface area contributed by atoms with Gasteiger partial charge < -0.3 is 4.90 Å². The number of hydrogen-bond donors (Lipinski definition) is 1. The molecule has 5 nitrogen and oxygen atoms in total. The van der Waals surface area contributed by atoms with Crippen LogP contribution in [0.3, 0.4) is 0 Å². The van der Waals surface area contributed by atoms with E-state index in [0.29, 0.717) is 0 Å². The molecule has 0 spiro atoms. The molecule has 0 fully saturated rings. The van der Waals surface area contributed by atoms with E-state index in [1.807, 2.05) is 0 Å². The third kappa shape index (κ3) is 4.80. The quantitative estimate of drug-likeness (QED) is 0.822. The van der Waals surface area contributed by atoms with Gasteiger partial charge in [-0.1, -0.05) is 18.2 Å². The molecule has 0 unspecified atom stereocenters. The molecule has 1 aromatic heterocycles. The van der Waals surface area contributed by atoms with Gasteiger partial charge in [-0.25, -0.2) is 13.1 Å². The minimum atomic E-state index is -4.62. The third-order valence-electron chi connectivity index (χ3n) is 3.27. The number of carbonyl (C=O) groups is 1. The van der Waals surface area contributed by atoms with E-state index in [2.05, 4.69) is 4.72 Å². The first kappa shape index (κ1) is 19.4. The molecular weight excluding hydrogens is 377 g/mol. The lowest BCUT2D eigenvalue weighted by atomic mass is 10.1. The molecule has 2 aromatic rings. The maximum Gasteiger partial charge on any atom is 0.418 e. The summed E-state index contributed by atoms with van der Waals surface area (Å²) < 4.78 is 65.8. The second-order valence-electron chi connectivity index (χ2n) is 5.02. The van der Waals surface area contributed by atoms with Crippen molar-refractivity contribution in [1.29, 1.82) is 0 Å². The van der Waals surface area contributed by atoms with Crippen molar-refractivity contribution in [3.63, 3.8) is 0 Å². The van der Waals surface area contributed by atoms with E-state index >= 15 is 0 Å². The predicted molar refractivity (Wildman–Crippen MR) is 89.0 cm³/mol. The summed E-state index contributed by atoms with van der Waals surface area (Å²) in [7, 11) is -3.75. The van der Waals surface area contributed by atoms with Crippen LogP contribution in [0, 0.1) is 0 Å². The van der Waals surface area contributed by atoms with Crippen molar-refractivity contribution in [3.05, 3.63) is 47.3 Å². The fourth-order valence-electron chi connectivity index (χ4n) is 2.18. The zero-order valence-corrected chi connectivity index (χ0v) is 14.7. The van der Waals surface area contributed by atoms with Gasteiger partial charge >= 0.3 is 6.18 Å². The molecule has 1 amide bonds. The highest BCUT2D eigenvalue weighted by molar-refractivity contribution is 7.91. The molecule has 1 N–H and O–H groups in total. The van der Waals surface area contributed by atoms with Crippen LogP contribution in [0.2, 0.25) is 0 Å². The average Bonchev–Trinajstić information content (AvgIpc) is 3.05. The maximum atomic E-state index is 13.1. The maximum absolute atomic E-state index is 13.1. The van der Waals surface area contributed by atoms with Crippen LogP contribution in [0.5, 0.6) is 0 Å². The summed E-state index contributed by atoms with van der Waals surface area (Å²) >= 11 is 1.02. The molecule has 1 heterocycles. The van der Waals surface area contributed by atoms with E-state index in [4.69, 9.17) is 0 Å². The van der Waals surface area contributed by atoms with Gasteiger partial charge in [0, 0.05) is 20.0 Å². The predicted octanol–water partition coefficient (Wildman–Crippen LogP) is 3.10. The molecule has 2 rings (SSSR count). The van der Waals surface area contributed by atoms with E-state index in [1.165, 1.54) is 24.3 Å². The number of alkyl halides is 3. The third-order valence-corrected chi connectivity index (χ3v) is 6.13. The first-order chi connectivity index (χ1) is 11.6. The lowest BCUT2D eigenvalue weighted by molar-refractivity contribution is -0.137. The fourth-order valence-corrected chi connectivity index (χ4v) is 4.23. The van der Waals surface area contributed by atoms with Gasteiger partial charge in [0.25, 0.3) is 0 Å². The van der Waals surface area contributed by atoms with Gasteiger partial charge in [0.05, 0.1) is 11.3 Å². The lowest BCUT2D eigenvalue weighted by Crippen LogP contribution is -2.38. The molecule has 10 heteroatoms. The van der Waals surface area contributed by atoms with Crippen molar-refractivity contribution in [2.45, 2.75) is 17.3 Å². The summed E-state index contributed by atoms with van der Waals surface area (Å²) in [6, 6.07) is 7.65. The highest BCUT2D eigenvalue weighted by Gasteiger charge is 2.35. The van der Waals surface area contributed by atoms with Gasteiger partial charge in [0.2, 0.25) is 15.9 Å². The molecule has 0 saturated heterocycles. The number of halogens is 3. The summed E-state index contributed by atoms with van der Waals surface area (Å²) in [5.41, 5.74) is -1.26. The SMILES string of the molecule is CC(=O)N(CCNS(=O)(=O)c1cccs1)c1ccccc1C(F)(F)F. The topological polar surface area (TPSA) is 66.5 Å². The van der Waals surface area contributed by atoms with Crippen molar-refractivity contribution in [2.75, 3.05) is 18.0 Å². The largest absolute Gasteiger partial charge is 0.418 e. The number of para-hydroxylation sites is 1. The van der Waals surface area contributed by atoms with E-state index in [0.717, 1.165) is 29.2 Å². The average molecular weight is 392 g/mol. The molecular formula is C15H15F3N2O3S2. The zero-order chi connectivity index (χ0) is 18.7. The number of nitrogens with one attached hydrogen (secondary N) is 1. The number of thiophene rings is 1. The van der Waals surface area contributed by atoms with Gasteiger partial charge in [0.1, 0.15) is 4.21 Å². The Bertz CT molecular complexity index is 834. The molecule has 25 heavy (non-hydrogen) atoms. The highest BCUT2D eigenvalue weighted by atomic mass is 32.2. The van der Waals surface area contributed by atoms with E-state index in [1.54, 1.807) is 11.4 Å². The van der Waals surface area contributed by atoms with Crippen LogP contribution < -0.4 is 9.62 Å². The van der Waals surface area contributed by atoms with Gasteiger partial charge in [-0.3, -0.25) is 4.79 Å². The second-order valence-corrected chi connectivity index (χ2v) is 7.96. The Kier molecular flexibility index (Phi) is 5.86. The van der Waals surface area contributed by atoms with Crippen LogP contribution in [0.1, 0.15) is 12.5 Å². The van der Waals surface area contributed by atoms with Gasteiger partial charge in [-0.2, -0.15) is 13.2 Å². The molecule has 0 saturated carbocycles. The molecule has 1 aromatic carbocycles. The molecule has 136 valence electrons. The van der Waals surface area contributed by atoms with E-state index < -0.39 is 27.7 Å². The Morgan fingerprint density at radius 2 is 1.88 bits per heavy atom. The summed E-state index contributed by atoms with van der Waals surface area (Å²) in [6.45, 7) is 0.681. The van der Waals surface area contributed by atoms with Crippen LogP contribution >= 0.6 is 11.3 Å². The molecule has 0 atom stereocenters. The number of carbonyl (C=O) groups excluding carboxylic acids is 1. The summed E-state index contributed by atoms with van der Waals surface area (Å²) in [5.74, 6) is -0.618. The smallest absolute Gasteiger partial charge is 0.311 e. The van der Waals surface area contributed by atoms with E-state index in [-0.39, 0.29) is 23.0 Å². The van der Waals surface area contributed by atoms with Crippen LogP contribution in [0.25, 0.3) is 0 Å². The minimum Gasteiger partial charge on any atom is -0.311 e. The van der Waals surface area contributed by atoms with Crippen LogP contribution in [-0.2, 0) is 21.0 Å². The van der Waals surface area contributed by atoms with Crippen molar-refractivity contribution in [2.24, 2.45) is 0 Å². The number of nitrogens with zero attached hydrogens (tertiary/aromatic N) is 1. The summed E-state index contributed by atoms with van der Waals surface area (Å²) in [6.07, 6.45) is -4.62. The first-order valence-corrected chi connectivity index (χ1v) is 9.46. The molecule has 0 aliphatic carbocycles. The number of benzene rings is 1. The lowest BCUT2D eigenvalue weighted by Gasteiger charge is -2.24. The normalized spacial score (nSPS) is 12.2. The van der Waals surface area contributed by atoms with Crippen molar-refractivity contribution >= 4 is 33.0 Å². The molecule has 0 aliphatic heterocycles. The van der Waals surface area contributed by atoms with E-state index in [9.17, 15) is 26.4 Å². The summed E-state index contributed by atoms with van der Waals surface area (Å²) in [5, 5.41) is 1.59. The standard InChI is InChI=1S/C15H15F3N2O3S2/c1-11(21)20(13-6-3-2-5-12(13)15(16,17)18)9-8-19-25(22,23)14-7-4-10-24-14/h2-7,10,19H,8-9H2,1H3. The van der Waals surface area contributed by atoms with Crippen LogP contribution in [0.15, 0.2) is 46.0 Å². The summed E-state index contributed by atoms with van der Waals surface area (Å²) in [4.78, 5) is 12.7. The number of sulfonamides is 1. The van der Waals surface area contributed by atoms with Crippen molar-refractivity contribution < 1.29 is 26.4 Å².